The Morgan fingerprint density at radius 1 is 1.21 bits per heavy atom. The summed E-state index contributed by atoms with van der Waals surface area (Å²) in [7, 11) is -3.93. The molecule has 0 unspecified atom stereocenters. The number of rotatable bonds is 4. The minimum absolute atomic E-state index is 0.166. The molecular weight excluding hydrogens is 335 g/mol. The molecule has 24 heavy (non-hydrogen) atoms. The van der Waals surface area contributed by atoms with Crippen molar-refractivity contribution >= 4 is 15.7 Å². The molecular formula is C16H13FN2O4S. The second-order valence-corrected chi connectivity index (χ2v) is 6.58. The summed E-state index contributed by atoms with van der Waals surface area (Å²) in [5, 5.41) is 10.8. The van der Waals surface area contributed by atoms with Gasteiger partial charge in [0, 0.05) is 17.7 Å². The Bertz CT molecular complexity index is 929. The molecule has 2 aromatic rings. The highest BCUT2D eigenvalue weighted by Gasteiger charge is 2.19. The first-order chi connectivity index (χ1) is 11.3. The molecule has 0 fully saturated rings. The van der Waals surface area contributed by atoms with Gasteiger partial charge in [-0.25, -0.2) is 12.8 Å². The van der Waals surface area contributed by atoms with E-state index in [9.17, 15) is 22.9 Å². The average molecular weight is 348 g/mol. The molecule has 0 aliphatic rings. The van der Waals surface area contributed by atoms with Crippen LogP contribution in [0.25, 0.3) is 0 Å². The standard InChI is InChI=1S/C16H13FN2O4S/c1-12-4-9-15(19(20)21)11-16(12)24(22,23)18-10-2-3-13-5-7-14(17)8-6-13/h4-9,11,18H,10H2,1H3. The molecule has 8 heteroatoms. The first-order valence-electron chi connectivity index (χ1n) is 6.79. The zero-order valence-corrected chi connectivity index (χ0v) is 13.4. The SMILES string of the molecule is Cc1ccc([N+](=O)[O-])cc1S(=O)(=O)NCC#Cc1ccc(F)cc1. The Morgan fingerprint density at radius 3 is 2.50 bits per heavy atom. The highest BCUT2D eigenvalue weighted by Crippen LogP contribution is 2.21. The lowest BCUT2D eigenvalue weighted by atomic mass is 10.2. The normalized spacial score (nSPS) is 10.8. The average Bonchev–Trinajstić information content (AvgIpc) is 2.53. The number of halogens is 1. The monoisotopic (exact) mass is 348 g/mol. The minimum atomic E-state index is -3.93. The van der Waals surface area contributed by atoms with Crippen LogP contribution in [0.2, 0.25) is 0 Å². The quantitative estimate of drug-likeness (QED) is 0.522. The lowest BCUT2D eigenvalue weighted by Crippen LogP contribution is -2.24. The molecule has 0 atom stereocenters. The van der Waals surface area contributed by atoms with E-state index in [4.69, 9.17) is 0 Å². The van der Waals surface area contributed by atoms with Crippen LogP contribution in [-0.2, 0) is 10.0 Å². The van der Waals surface area contributed by atoms with E-state index >= 15 is 0 Å². The van der Waals surface area contributed by atoms with Gasteiger partial charge in [-0.3, -0.25) is 10.1 Å². The first-order valence-corrected chi connectivity index (χ1v) is 8.27. The summed E-state index contributed by atoms with van der Waals surface area (Å²) in [6.45, 7) is 1.37. The van der Waals surface area contributed by atoms with Gasteiger partial charge in [-0.1, -0.05) is 17.9 Å². The molecule has 2 rings (SSSR count). The third kappa shape index (κ3) is 4.38. The van der Waals surface area contributed by atoms with Crippen LogP contribution in [0.1, 0.15) is 11.1 Å². The molecule has 6 nitrogen and oxygen atoms in total. The Hall–Kier alpha value is -2.76. The number of nitro benzene ring substituents is 1. The van der Waals surface area contributed by atoms with Crippen molar-refractivity contribution in [2.75, 3.05) is 6.54 Å². The van der Waals surface area contributed by atoms with Crippen LogP contribution in [-0.4, -0.2) is 19.9 Å². The molecule has 1 N–H and O–H groups in total. The van der Waals surface area contributed by atoms with E-state index < -0.39 is 14.9 Å². The number of nitrogens with zero attached hydrogens (tertiary/aromatic N) is 1. The largest absolute Gasteiger partial charge is 0.270 e. The second kappa shape index (κ2) is 7.21. The predicted molar refractivity (Wildman–Crippen MR) is 86.3 cm³/mol. The molecule has 2 aromatic carbocycles. The van der Waals surface area contributed by atoms with Crippen LogP contribution in [0.15, 0.2) is 47.4 Å². The lowest BCUT2D eigenvalue weighted by molar-refractivity contribution is -0.385. The van der Waals surface area contributed by atoms with Crippen molar-refractivity contribution in [1.82, 2.24) is 4.72 Å². The maximum Gasteiger partial charge on any atom is 0.270 e. The highest BCUT2D eigenvalue weighted by atomic mass is 32.2. The van der Waals surface area contributed by atoms with Crippen LogP contribution >= 0.6 is 0 Å². The highest BCUT2D eigenvalue weighted by molar-refractivity contribution is 7.89. The van der Waals surface area contributed by atoms with Crippen molar-refractivity contribution in [1.29, 1.82) is 0 Å². The van der Waals surface area contributed by atoms with Crippen LogP contribution in [0.4, 0.5) is 10.1 Å². The Labute approximate surface area is 138 Å². The summed E-state index contributed by atoms with van der Waals surface area (Å²) in [6, 6.07) is 9.06. The summed E-state index contributed by atoms with van der Waals surface area (Å²) in [5.41, 5.74) is 0.625. The Balaban J connectivity index is 2.13. The number of benzene rings is 2. The zero-order chi connectivity index (χ0) is 17.7. The third-order valence-corrected chi connectivity index (χ3v) is 4.64. The summed E-state index contributed by atoms with van der Waals surface area (Å²) >= 11 is 0. The van der Waals surface area contributed by atoms with Crippen LogP contribution in [0, 0.1) is 34.7 Å². The fourth-order valence-electron chi connectivity index (χ4n) is 1.88. The van der Waals surface area contributed by atoms with Crippen molar-refractivity contribution in [3.8, 4) is 11.8 Å². The van der Waals surface area contributed by atoms with Crippen molar-refractivity contribution in [3.63, 3.8) is 0 Å². The van der Waals surface area contributed by atoms with Crippen LogP contribution < -0.4 is 4.72 Å². The molecule has 0 saturated heterocycles. The number of nitrogens with one attached hydrogen (secondary N) is 1. The molecule has 0 aromatic heterocycles. The fraction of sp³-hybridized carbons (Fsp3) is 0.125. The van der Waals surface area contributed by atoms with E-state index in [1.165, 1.54) is 36.4 Å². The van der Waals surface area contributed by atoms with Crippen molar-refractivity contribution in [2.24, 2.45) is 0 Å². The van der Waals surface area contributed by atoms with Gasteiger partial charge in [-0.2, -0.15) is 4.72 Å². The van der Waals surface area contributed by atoms with Crippen molar-refractivity contribution in [2.45, 2.75) is 11.8 Å². The first kappa shape index (κ1) is 17.6. The topological polar surface area (TPSA) is 89.3 Å². The molecule has 0 heterocycles. The number of hydrogen-bond donors (Lipinski definition) is 1. The van der Waals surface area contributed by atoms with Crippen molar-refractivity contribution < 1.29 is 17.7 Å². The van der Waals surface area contributed by atoms with E-state index in [1.807, 2.05) is 0 Å². The summed E-state index contributed by atoms with van der Waals surface area (Å²) in [4.78, 5) is 9.95. The maximum atomic E-state index is 12.8. The number of aryl methyl sites for hydroxylation is 1. The maximum absolute atomic E-state index is 12.8. The molecule has 124 valence electrons. The Kier molecular flexibility index (Phi) is 5.28. The van der Waals surface area contributed by atoms with Gasteiger partial charge in [-0.15, -0.1) is 0 Å². The van der Waals surface area contributed by atoms with Gasteiger partial charge in [0.1, 0.15) is 5.82 Å². The van der Waals surface area contributed by atoms with E-state index in [0.29, 0.717) is 11.1 Å². The van der Waals surface area contributed by atoms with E-state index in [2.05, 4.69) is 16.6 Å². The minimum Gasteiger partial charge on any atom is -0.258 e. The number of hydrogen-bond acceptors (Lipinski definition) is 4. The molecule has 0 aliphatic heterocycles. The van der Waals surface area contributed by atoms with E-state index in [1.54, 1.807) is 6.92 Å². The zero-order valence-electron chi connectivity index (χ0n) is 12.6. The van der Waals surface area contributed by atoms with Crippen molar-refractivity contribution in [3.05, 3.63) is 69.5 Å². The summed E-state index contributed by atoms with van der Waals surface area (Å²) in [5.74, 6) is 4.91. The van der Waals surface area contributed by atoms with E-state index in [0.717, 1.165) is 6.07 Å². The predicted octanol–water partition coefficient (Wildman–Crippen LogP) is 2.37. The van der Waals surface area contributed by atoms with Gasteiger partial charge in [0.2, 0.25) is 10.0 Å². The number of non-ortho nitro benzene ring substituents is 1. The number of sulfonamides is 1. The van der Waals surface area contributed by atoms with Crippen LogP contribution in [0.3, 0.4) is 0 Å². The Morgan fingerprint density at radius 2 is 1.88 bits per heavy atom. The van der Waals surface area contributed by atoms with E-state index in [-0.39, 0.29) is 22.9 Å². The van der Waals surface area contributed by atoms with Gasteiger partial charge in [0.05, 0.1) is 16.4 Å². The second-order valence-electron chi connectivity index (χ2n) is 4.84. The van der Waals surface area contributed by atoms with Gasteiger partial charge in [0.15, 0.2) is 0 Å². The van der Waals surface area contributed by atoms with Crippen LogP contribution in [0.5, 0.6) is 0 Å². The van der Waals surface area contributed by atoms with Gasteiger partial charge in [0.25, 0.3) is 5.69 Å². The van der Waals surface area contributed by atoms with Gasteiger partial charge in [-0.05, 0) is 36.8 Å². The summed E-state index contributed by atoms with van der Waals surface area (Å²) < 4.78 is 39.5. The fourth-order valence-corrected chi connectivity index (χ4v) is 3.07. The molecule has 0 radical (unpaired) electrons. The van der Waals surface area contributed by atoms with Gasteiger partial charge >= 0.3 is 0 Å². The third-order valence-electron chi connectivity index (χ3n) is 3.10. The molecule has 0 bridgehead atoms. The molecule has 0 aliphatic carbocycles. The molecule has 0 spiro atoms. The lowest BCUT2D eigenvalue weighted by Gasteiger charge is -2.07. The molecule has 0 amide bonds. The summed E-state index contributed by atoms with van der Waals surface area (Å²) in [6.07, 6.45) is 0. The number of nitro groups is 1. The van der Waals surface area contributed by atoms with Gasteiger partial charge < -0.3 is 0 Å². The molecule has 0 saturated carbocycles. The smallest absolute Gasteiger partial charge is 0.258 e.